The second kappa shape index (κ2) is 9.37. The molecule has 0 spiro atoms. The van der Waals surface area contributed by atoms with Crippen molar-refractivity contribution >= 4 is 22.0 Å². The number of carbonyl (C=O) groups is 1. The SMILES string of the molecule is C[C@@H](NC(=O)CN(C)S(=O)(=O)/C=C/c1ccccc1)c1ccc2c(c1)CCCC2. The van der Waals surface area contributed by atoms with Crippen molar-refractivity contribution in [1.29, 1.82) is 0 Å². The summed E-state index contributed by atoms with van der Waals surface area (Å²) >= 11 is 0. The monoisotopic (exact) mass is 412 g/mol. The van der Waals surface area contributed by atoms with Gasteiger partial charge in [0.15, 0.2) is 0 Å². The molecule has 29 heavy (non-hydrogen) atoms. The summed E-state index contributed by atoms with van der Waals surface area (Å²) in [6.45, 7) is 1.70. The molecule has 0 saturated carbocycles. The summed E-state index contributed by atoms with van der Waals surface area (Å²) in [5.41, 5.74) is 4.60. The summed E-state index contributed by atoms with van der Waals surface area (Å²) < 4.78 is 25.9. The summed E-state index contributed by atoms with van der Waals surface area (Å²) in [5, 5.41) is 4.04. The maximum atomic E-state index is 12.4. The van der Waals surface area contributed by atoms with Crippen molar-refractivity contribution in [3.63, 3.8) is 0 Å². The van der Waals surface area contributed by atoms with Crippen LogP contribution in [0.5, 0.6) is 0 Å². The largest absolute Gasteiger partial charge is 0.348 e. The average molecular weight is 413 g/mol. The third-order valence-corrected chi connectivity index (χ3v) is 6.76. The number of amides is 1. The predicted octanol–water partition coefficient (Wildman–Crippen LogP) is 3.68. The van der Waals surface area contributed by atoms with Gasteiger partial charge in [0.2, 0.25) is 15.9 Å². The van der Waals surface area contributed by atoms with Gasteiger partial charge in [0.1, 0.15) is 0 Å². The molecule has 1 aliphatic rings. The zero-order valence-electron chi connectivity index (χ0n) is 17.0. The van der Waals surface area contributed by atoms with Crippen molar-refractivity contribution in [3.8, 4) is 0 Å². The van der Waals surface area contributed by atoms with Crippen LogP contribution in [0, 0.1) is 0 Å². The van der Waals surface area contributed by atoms with Gasteiger partial charge in [-0.1, -0.05) is 48.5 Å². The Morgan fingerprint density at radius 2 is 1.79 bits per heavy atom. The number of carbonyl (C=O) groups excluding carboxylic acids is 1. The molecule has 154 valence electrons. The molecule has 6 heteroatoms. The minimum atomic E-state index is -3.67. The molecule has 0 radical (unpaired) electrons. The third kappa shape index (κ3) is 5.78. The van der Waals surface area contributed by atoms with Crippen LogP contribution in [0.2, 0.25) is 0 Å². The standard InChI is InChI=1S/C23H28N2O3S/c1-18(21-13-12-20-10-6-7-11-22(20)16-21)24-23(26)17-25(2)29(27,28)15-14-19-8-4-3-5-9-19/h3-5,8-9,12-16,18H,6-7,10-11,17H2,1-2H3,(H,24,26)/b15-14+/t18-/m1/s1. The van der Waals surface area contributed by atoms with Crippen LogP contribution in [0.25, 0.3) is 6.08 Å². The summed E-state index contributed by atoms with van der Waals surface area (Å²) in [6, 6.07) is 15.4. The molecule has 0 unspecified atom stereocenters. The Hall–Kier alpha value is -2.44. The van der Waals surface area contributed by atoms with E-state index in [1.807, 2.05) is 37.3 Å². The number of hydrogen-bond donors (Lipinski definition) is 1. The van der Waals surface area contributed by atoms with E-state index in [1.54, 1.807) is 0 Å². The zero-order valence-corrected chi connectivity index (χ0v) is 17.8. The smallest absolute Gasteiger partial charge is 0.236 e. The van der Waals surface area contributed by atoms with Crippen LogP contribution in [0.3, 0.4) is 0 Å². The van der Waals surface area contributed by atoms with Gasteiger partial charge >= 0.3 is 0 Å². The van der Waals surface area contributed by atoms with E-state index in [4.69, 9.17) is 0 Å². The van der Waals surface area contributed by atoms with Crippen molar-refractivity contribution < 1.29 is 13.2 Å². The van der Waals surface area contributed by atoms with Crippen molar-refractivity contribution in [1.82, 2.24) is 9.62 Å². The Morgan fingerprint density at radius 3 is 2.52 bits per heavy atom. The summed E-state index contributed by atoms with van der Waals surface area (Å²) in [4.78, 5) is 12.4. The fourth-order valence-corrected chi connectivity index (χ4v) is 4.35. The molecule has 1 N–H and O–H groups in total. The Morgan fingerprint density at radius 1 is 1.10 bits per heavy atom. The zero-order chi connectivity index (χ0) is 20.9. The van der Waals surface area contributed by atoms with E-state index in [0.29, 0.717) is 0 Å². The molecular weight excluding hydrogens is 384 g/mol. The van der Waals surface area contributed by atoms with Gasteiger partial charge in [-0.3, -0.25) is 4.79 Å². The highest BCUT2D eigenvalue weighted by Gasteiger charge is 2.20. The quantitative estimate of drug-likeness (QED) is 0.754. The van der Waals surface area contributed by atoms with Crippen molar-refractivity contribution in [2.24, 2.45) is 0 Å². The number of nitrogens with zero attached hydrogens (tertiary/aromatic N) is 1. The van der Waals surface area contributed by atoms with E-state index in [0.717, 1.165) is 33.7 Å². The highest BCUT2D eigenvalue weighted by molar-refractivity contribution is 7.92. The Labute approximate surface area is 173 Å². The van der Waals surface area contributed by atoms with Crippen LogP contribution in [0.1, 0.15) is 48.1 Å². The molecule has 1 amide bonds. The number of nitrogens with one attached hydrogen (secondary N) is 1. The average Bonchev–Trinajstić information content (AvgIpc) is 2.72. The lowest BCUT2D eigenvalue weighted by atomic mass is 9.89. The van der Waals surface area contributed by atoms with E-state index >= 15 is 0 Å². The highest BCUT2D eigenvalue weighted by atomic mass is 32.2. The molecule has 0 heterocycles. The normalized spacial score (nSPS) is 15.3. The molecule has 1 aliphatic carbocycles. The molecule has 2 aromatic rings. The molecule has 0 saturated heterocycles. The summed E-state index contributed by atoms with van der Waals surface area (Å²) in [6.07, 6.45) is 6.17. The van der Waals surface area contributed by atoms with Crippen LogP contribution in [-0.4, -0.2) is 32.2 Å². The van der Waals surface area contributed by atoms with Crippen molar-refractivity contribution in [2.75, 3.05) is 13.6 Å². The first-order valence-electron chi connectivity index (χ1n) is 9.96. The summed E-state index contributed by atoms with van der Waals surface area (Å²) in [5.74, 6) is -0.325. The molecule has 0 aliphatic heterocycles. The molecular formula is C23H28N2O3S. The van der Waals surface area contributed by atoms with Gasteiger partial charge in [0, 0.05) is 12.5 Å². The maximum Gasteiger partial charge on any atom is 0.236 e. The van der Waals surface area contributed by atoms with Gasteiger partial charge < -0.3 is 5.32 Å². The number of benzene rings is 2. The van der Waals surface area contributed by atoms with Gasteiger partial charge in [0.25, 0.3) is 0 Å². The number of hydrogen-bond acceptors (Lipinski definition) is 3. The van der Waals surface area contributed by atoms with Crippen LogP contribution < -0.4 is 5.32 Å². The third-order valence-electron chi connectivity index (χ3n) is 5.28. The molecule has 0 bridgehead atoms. The molecule has 1 atom stereocenters. The van der Waals surface area contributed by atoms with E-state index in [-0.39, 0.29) is 18.5 Å². The van der Waals surface area contributed by atoms with E-state index in [9.17, 15) is 13.2 Å². The minimum Gasteiger partial charge on any atom is -0.348 e. The first kappa shape index (κ1) is 21.3. The second-order valence-electron chi connectivity index (χ2n) is 7.54. The lowest BCUT2D eigenvalue weighted by Crippen LogP contribution is -2.38. The van der Waals surface area contributed by atoms with Crippen LogP contribution in [0.15, 0.2) is 53.9 Å². The molecule has 3 rings (SSSR count). The van der Waals surface area contributed by atoms with Crippen LogP contribution >= 0.6 is 0 Å². The topological polar surface area (TPSA) is 66.5 Å². The van der Waals surface area contributed by atoms with E-state index in [1.165, 1.54) is 37.1 Å². The van der Waals surface area contributed by atoms with Gasteiger partial charge in [-0.25, -0.2) is 8.42 Å². The Balaban J connectivity index is 1.58. The Kier molecular flexibility index (Phi) is 6.87. The fraction of sp³-hybridized carbons (Fsp3) is 0.348. The lowest BCUT2D eigenvalue weighted by Gasteiger charge is -2.21. The van der Waals surface area contributed by atoms with Gasteiger partial charge in [0.05, 0.1) is 12.6 Å². The van der Waals surface area contributed by atoms with Crippen molar-refractivity contribution in [2.45, 2.75) is 38.6 Å². The first-order chi connectivity index (χ1) is 13.8. The molecule has 0 aromatic heterocycles. The number of sulfonamides is 1. The highest BCUT2D eigenvalue weighted by Crippen LogP contribution is 2.24. The minimum absolute atomic E-state index is 0.175. The summed E-state index contributed by atoms with van der Waals surface area (Å²) in [7, 11) is -2.26. The number of fused-ring (bicyclic) bond motifs is 1. The van der Waals surface area contributed by atoms with Crippen LogP contribution in [-0.2, 0) is 27.7 Å². The molecule has 0 fully saturated rings. The van der Waals surface area contributed by atoms with Gasteiger partial charge in [-0.15, -0.1) is 0 Å². The van der Waals surface area contributed by atoms with Crippen molar-refractivity contribution in [3.05, 3.63) is 76.2 Å². The van der Waals surface area contributed by atoms with Gasteiger partial charge in [-0.2, -0.15) is 4.31 Å². The predicted molar refractivity (Wildman–Crippen MR) is 117 cm³/mol. The molecule has 5 nitrogen and oxygen atoms in total. The maximum absolute atomic E-state index is 12.4. The second-order valence-corrected chi connectivity index (χ2v) is 9.46. The van der Waals surface area contributed by atoms with E-state index < -0.39 is 10.0 Å². The fourth-order valence-electron chi connectivity index (χ4n) is 3.52. The number of aryl methyl sites for hydroxylation is 2. The van der Waals surface area contributed by atoms with Crippen LogP contribution in [0.4, 0.5) is 0 Å². The lowest BCUT2D eigenvalue weighted by molar-refractivity contribution is -0.121. The van der Waals surface area contributed by atoms with Gasteiger partial charge in [-0.05, 0) is 60.9 Å². The molecule has 2 aromatic carbocycles. The Bertz CT molecular complexity index is 984. The number of likely N-dealkylation sites (N-methyl/N-ethyl adjacent to an activating group) is 1. The first-order valence-corrected chi connectivity index (χ1v) is 11.5. The number of rotatable bonds is 7. The van der Waals surface area contributed by atoms with E-state index in [2.05, 4.69) is 23.5 Å².